The number of piperidine rings is 1. The van der Waals surface area contributed by atoms with E-state index in [1.54, 1.807) is 10.6 Å². The first-order valence-corrected chi connectivity index (χ1v) is 10.4. The molecular weight excluding hydrogens is 356 g/mol. The second-order valence-corrected chi connectivity index (χ2v) is 7.64. The van der Waals surface area contributed by atoms with Gasteiger partial charge in [-0.1, -0.05) is 13.0 Å². The number of hydrogen-bond donors (Lipinski definition) is 1. The molecule has 1 N–H and O–H groups in total. The first kappa shape index (κ1) is 18.9. The summed E-state index contributed by atoms with van der Waals surface area (Å²) in [5.41, 5.74) is 1.04. The number of carbonyl (C=O) groups is 2. The number of pyridine rings is 1. The van der Waals surface area contributed by atoms with Gasteiger partial charge in [0.25, 0.3) is 11.8 Å². The van der Waals surface area contributed by atoms with E-state index in [-0.39, 0.29) is 29.8 Å². The van der Waals surface area contributed by atoms with Gasteiger partial charge < -0.3 is 15.0 Å². The Morgan fingerprint density at radius 2 is 2.14 bits per heavy atom. The average molecular weight is 384 g/mol. The molecule has 0 aromatic carbocycles. The fourth-order valence-electron chi connectivity index (χ4n) is 4.27. The largest absolute Gasteiger partial charge is 0.376 e. The molecule has 2 fully saturated rings. The van der Waals surface area contributed by atoms with Crippen molar-refractivity contribution in [3.63, 3.8) is 0 Å². The molecule has 0 spiro atoms. The van der Waals surface area contributed by atoms with Crippen molar-refractivity contribution in [3.8, 4) is 0 Å². The zero-order valence-corrected chi connectivity index (χ0v) is 16.4. The molecule has 2 unspecified atom stereocenters. The van der Waals surface area contributed by atoms with Gasteiger partial charge in [-0.2, -0.15) is 0 Å². The standard InChI is InChI=1S/C21H28N4O3/c1-2-15-8-3-5-11-24(15)21(27)18-17-10-4-6-12-25(17)19(23-18)20(26)22-14-16-9-7-13-28-16/h4,6,10,12,15-16H,2-3,5,7-9,11,13-14H2,1H3,(H,22,26). The van der Waals surface area contributed by atoms with Crippen molar-refractivity contribution >= 4 is 17.3 Å². The molecule has 7 heteroatoms. The van der Waals surface area contributed by atoms with Gasteiger partial charge in [-0.25, -0.2) is 4.98 Å². The van der Waals surface area contributed by atoms with Crippen LogP contribution < -0.4 is 5.32 Å². The highest BCUT2D eigenvalue weighted by atomic mass is 16.5. The summed E-state index contributed by atoms with van der Waals surface area (Å²) >= 11 is 0. The van der Waals surface area contributed by atoms with Crippen LogP contribution in [0.2, 0.25) is 0 Å². The van der Waals surface area contributed by atoms with E-state index in [1.807, 2.05) is 23.1 Å². The van der Waals surface area contributed by atoms with Gasteiger partial charge in [-0.3, -0.25) is 14.0 Å². The molecule has 150 valence electrons. The van der Waals surface area contributed by atoms with E-state index in [2.05, 4.69) is 17.2 Å². The molecule has 28 heavy (non-hydrogen) atoms. The van der Waals surface area contributed by atoms with E-state index in [9.17, 15) is 9.59 Å². The third-order valence-corrected chi connectivity index (χ3v) is 5.83. The number of likely N-dealkylation sites (tertiary alicyclic amines) is 1. The Morgan fingerprint density at radius 3 is 2.93 bits per heavy atom. The number of imidazole rings is 1. The van der Waals surface area contributed by atoms with Gasteiger partial charge in [0.05, 0.1) is 11.6 Å². The van der Waals surface area contributed by atoms with Gasteiger partial charge in [0.1, 0.15) is 0 Å². The Labute approximate surface area is 165 Å². The predicted octanol–water partition coefficient (Wildman–Crippen LogP) is 2.65. The summed E-state index contributed by atoms with van der Waals surface area (Å²) in [6.45, 7) is 4.09. The molecule has 2 aromatic heterocycles. The first-order chi connectivity index (χ1) is 13.7. The van der Waals surface area contributed by atoms with Crippen LogP contribution in [0.1, 0.15) is 66.6 Å². The van der Waals surface area contributed by atoms with Crippen LogP contribution in [0.3, 0.4) is 0 Å². The maximum atomic E-state index is 13.3. The number of carbonyl (C=O) groups excluding carboxylic acids is 2. The Hall–Kier alpha value is -2.41. The maximum Gasteiger partial charge on any atom is 0.287 e. The molecule has 4 heterocycles. The predicted molar refractivity (Wildman–Crippen MR) is 105 cm³/mol. The summed E-state index contributed by atoms with van der Waals surface area (Å²) in [5.74, 6) is -0.100. The molecule has 4 rings (SSSR count). The molecule has 2 amide bonds. The van der Waals surface area contributed by atoms with Crippen LogP contribution in [0.5, 0.6) is 0 Å². The number of aromatic nitrogens is 2. The molecule has 7 nitrogen and oxygen atoms in total. The fourth-order valence-corrected chi connectivity index (χ4v) is 4.27. The van der Waals surface area contributed by atoms with E-state index in [0.29, 0.717) is 17.8 Å². The Kier molecular flexibility index (Phi) is 5.62. The number of hydrogen-bond acceptors (Lipinski definition) is 4. The fraction of sp³-hybridized carbons (Fsp3) is 0.571. The minimum atomic E-state index is -0.276. The van der Waals surface area contributed by atoms with E-state index in [0.717, 1.165) is 51.7 Å². The highest BCUT2D eigenvalue weighted by molar-refractivity contribution is 6.02. The molecule has 0 bridgehead atoms. The van der Waals surface area contributed by atoms with E-state index >= 15 is 0 Å². The first-order valence-electron chi connectivity index (χ1n) is 10.4. The van der Waals surface area contributed by atoms with Gasteiger partial charge in [0.2, 0.25) is 5.82 Å². The molecule has 2 atom stereocenters. The summed E-state index contributed by atoms with van der Waals surface area (Å²) in [6.07, 6.45) is 7.98. The summed E-state index contributed by atoms with van der Waals surface area (Å²) in [5, 5.41) is 2.91. The number of nitrogens with one attached hydrogen (secondary N) is 1. The van der Waals surface area contributed by atoms with Crippen LogP contribution in [0.25, 0.3) is 5.52 Å². The van der Waals surface area contributed by atoms with Crippen LogP contribution >= 0.6 is 0 Å². The Morgan fingerprint density at radius 1 is 1.25 bits per heavy atom. The van der Waals surface area contributed by atoms with Gasteiger partial charge in [0.15, 0.2) is 5.69 Å². The zero-order valence-electron chi connectivity index (χ0n) is 16.4. The van der Waals surface area contributed by atoms with E-state index in [1.165, 1.54) is 0 Å². The topological polar surface area (TPSA) is 75.9 Å². The molecule has 2 aliphatic rings. The smallest absolute Gasteiger partial charge is 0.287 e. The van der Waals surface area contributed by atoms with Crippen molar-refractivity contribution in [2.75, 3.05) is 19.7 Å². The van der Waals surface area contributed by atoms with Crippen molar-refractivity contribution in [1.82, 2.24) is 19.6 Å². The minimum absolute atomic E-state index is 0.0648. The normalized spacial score (nSPS) is 22.5. The SMILES string of the molecule is CCC1CCCCN1C(=O)c1nc(C(=O)NCC2CCCO2)n2ccccc12. The summed E-state index contributed by atoms with van der Waals surface area (Å²) in [4.78, 5) is 32.5. The number of amides is 2. The highest BCUT2D eigenvalue weighted by Gasteiger charge is 2.30. The lowest BCUT2D eigenvalue weighted by molar-refractivity contribution is 0.0604. The third-order valence-electron chi connectivity index (χ3n) is 5.83. The average Bonchev–Trinajstić information content (AvgIpc) is 3.39. The molecule has 2 aromatic rings. The summed E-state index contributed by atoms with van der Waals surface area (Å²) < 4.78 is 7.28. The van der Waals surface area contributed by atoms with Crippen molar-refractivity contribution in [1.29, 1.82) is 0 Å². The van der Waals surface area contributed by atoms with Crippen molar-refractivity contribution in [2.24, 2.45) is 0 Å². The quantitative estimate of drug-likeness (QED) is 0.860. The molecule has 2 aliphatic heterocycles. The van der Waals surface area contributed by atoms with Crippen LogP contribution in [0.4, 0.5) is 0 Å². The van der Waals surface area contributed by atoms with Crippen LogP contribution in [0.15, 0.2) is 24.4 Å². The lowest BCUT2D eigenvalue weighted by atomic mass is 9.99. The van der Waals surface area contributed by atoms with Gasteiger partial charge in [-0.05, 0) is 50.7 Å². The highest BCUT2D eigenvalue weighted by Crippen LogP contribution is 2.24. The maximum absolute atomic E-state index is 13.3. The van der Waals surface area contributed by atoms with Crippen molar-refractivity contribution in [2.45, 2.75) is 57.6 Å². The lowest BCUT2D eigenvalue weighted by Crippen LogP contribution is -2.43. The number of nitrogens with zero attached hydrogens (tertiary/aromatic N) is 3. The Bertz CT molecular complexity index is 856. The molecule has 0 saturated carbocycles. The molecule has 2 saturated heterocycles. The van der Waals surface area contributed by atoms with Gasteiger partial charge in [-0.15, -0.1) is 0 Å². The molecular formula is C21H28N4O3. The van der Waals surface area contributed by atoms with Gasteiger partial charge >= 0.3 is 0 Å². The lowest BCUT2D eigenvalue weighted by Gasteiger charge is -2.34. The monoisotopic (exact) mass is 384 g/mol. The number of rotatable bonds is 5. The number of ether oxygens (including phenoxy) is 1. The van der Waals surface area contributed by atoms with Crippen LogP contribution in [-0.4, -0.2) is 57.9 Å². The van der Waals surface area contributed by atoms with E-state index in [4.69, 9.17) is 4.74 Å². The molecule has 0 aliphatic carbocycles. The third kappa shape index (κ3) is 3.63. The van der Waals surface area contributed by atoms with E-state index < -0.39 is 0 Å². The summed E-state index contributed by atoms with van der Waals surface area (Å²) in [6, 6.07) is 5.81. The molecule has 0 radical (unpaired) electrons. The van der Waals surface area contributed by atoms with Crippen molar-refractivity contribution in [3.05, 3.63) is 35.9 Å². The minimum Gasteiger partial charge on any atom is -0.376 e. The van der Waals surface area contributed by atoms with Crippen molar-refractivity contribution < 1.29 is 14.3 Å². The van der Waals surface area contributed by atoms with Crippen LogP contribution in [-0.2, 0) is 4.74 Å². The van der Waals surface area contributed by atoms with Crippen LogP contribution in [0, 0.1) is 0 Å². The zero-order chi connectivity index (χ0) is 19.5. The Balaban J connectivity index is 1.60. The van der Waals surface area contributed by atoms with Gasteiger partial charge in [0, 0.05) is 31.9 Å². The number of fused-ring (bicyclic) bond motifs is 1. The summed E-state index contributed by atoms with van der Waals surface area (Å²) in [7, 11) is 0. The second-order valence-electron chi connectivity index (χ2n) is 7.64. The second kappa shape index (κ2) is 8.31.